The third-order valence-corrected chi connectivity index (χ3v) is 3.41. The fraction of sp³-hybridized carbons (Fsp3) is 0.600. The van der Waals surface area contributed by atoms with Crippen molar-refractivity contribution in [1.82, 2.24) is 10.3 Å². The number of thiazole rings is 1. The second kappa shape index (κ2) is 3.69. The van der Waals surface area contributed by atoms with Crippen LogP contribution in [0.2, 0.25) is 0 Å². The molecule has 76 valence electrons. The third-order valence-electron chi connectivity index (χ3n) is 2.32. The highest BCUT2D eigenvalue weighted by Crippen LogP contribution is 2.30. The smallest absolute Gasteiger partial charge is 0.223 e. The van der Waals surface area contributed by atoms with E-state index in [9.17, 15) is 4.79 Å². The molecule has 1 atom stereocenters. The number of amides is 1. The van der Waals surface area contributed by atoms with Gasteiger partial charge < -0.3 is 5.32 Å². The van der Waals surface area contributed by atoms with Gasteiger partial charge in [0.05, 0.1) is 6.04 Å². The number of rotatable bonds is 3. The van der Waals surface area contributed by atoms with E-state index >= 15 is 0 Å². The monoisotopic (exact) mass is 210 g/mol. The first-order chi connectivity index (χ1) is 6.66. The van der Waals surface area contributed by atoms with Crippen LogP contribution in [0.25, 0.3) is 0 Å². The molecule has 3 nitrogen and oxygen atoms in total. The first-order valence-electron chi connectivity index (χ1n) is 4.89. The summed E-state index contributed by atoms with van der Waals surface area (Å²) >= 11 is 1.64. The van der Waals surface area contributed by atoms with Crippen LogP contribution in [0, 0.1) is 12.8 Å². The van der Waals surface area contributed by atoms with Gasteiger partial charge in [-0.05, 0) is 26.7 Å². The topological polar surface area (TPSA) is 42.0 Å². The maximum Gasteiger partial charge on any atom is 0.223 e. The van der Waals surface area contributed by atoms with Gasteiger partial charge in [-0.1, -0.05) is 0 Å². The van der Waals surface area contributed by atoms with E-state index in [1.54, 1.807) is 11.3 Å². The lowest BCUT2D eigenvalue weighted by Crippen LogP contribution is -2.27. The van der Waals surface area contributed by atoms with Gasteiger partial charge in [0.15, 0.2) is 0 Å². The Kier molecular flexibility index (Phi) is 2.54. The van der Waals surface area contributed by atoms with E-state index < -0.39 is 0 Å². The fourth-order valence-electron chi connectivity index (χ4n) is 1.31. The second-order valence-corrected chi connectivity index (χ2v) is 5.08. The second-order valence-electron chi connectivity index (χ2n) is 3.81. The van der Waals surface area contributed by atoms with Crippen molar-refractivity contribution in [1.29, 1.82) is 0 Å². The molecule has 1 amide bonds. The summed E-state index contributed by atoms with van der Waals surface area (Å²) in [5, 5.41) is 3.98. The molecule has 1 N–H and O–H groups in total. The number of nitrogens with one attached hydrogen (secondary N) is 1. The van der Waals surface area contributed by atoms with E-state index in [-0.39, 0.29) is 17.9 Å². The van der Waals surface area contributed by atoms with Crippen molar-refractivity contribution in [3.63, 3.8) is 0 Å². The van der Waals surface area contributed by atoms with E-state index in [1.165, 1.54) is 4.88 Å². The largest absolute Gasteiger partial charge is 0.347 e. The molecule has 1 aromatic rings. The van der Waals surface area contributed by atoms with Crippen molar-refractivity contribution in [2.45, 2.75) is 32.7 Å². The first-order valence-corrected chi connectivity index (χ1v) is 5.71. The molecule has 1 fully saturated rings. The van der Waals surface area contributed by atoms with Crippen molar-refractivity contribution < 1.29 is 4.79 Å². The summed E-state index contributed by atoms with van der Waals surface area (Å²) < 4.78 is 0. The summed E-state index contributed by atoms with van der Waals surface area (Å²) in [6.07, 6.45) is 3.95. The quantitative estimate of drug-likeness (QED) is 0.829. The molecule has 1 heterocycles. The molecule has 1 unspecified atom stereocenters. The minimum absolute atomic E-state index is 0.0572. The van der Waals surface area contributed by atoms with Gasteiger partial charge in [-0.2, -0.15) is 0 Å². The van der Waals surface area contributed by atoms with Gasteiger partial charge in [0.2, 0.25) is 5.91 Å². The predicted molar refractivity (Wildman–Crippen MR) is 56.1 cm³/mol. The van der Waals surface area contributed by atoms with E-state index in [0.717, 1.165) is 17.8 Å². The van der Waals surface area contributed by atoms with Gasteiger partial charge in [-0.15, -0.1) is 11.3 Å². The molecule has 0 bridgehead atoms. The van der Waals surface area contributed by atoms with Gasteiger partial charge in [0.1, 0.15) is 5.01 Å². The van der Waals surface area contributed by atoms with Crippen LogP contribution in [0.5, 0.6) is 0 Å². The summed E-state index contributed by atoms with van der Waals surface area (Å²) in [5.74, 6) is 0.462. The van der Waals surface area contributed by atoms with Crippen LogP contribution >= 0.6 is 11.3 Å². The SMILES string of the molecule is Cc1cnc(C(C)NC(=O)C2CC2)s1. The highest BCUT2D eigenvalue weighted by atomic mass is 32.1. The Bertz CT molecular complexity index is 344. The zero-order chi connectivity index (χ0) is 10.1. The molecule has 1 aliphatic carbocycles. The molecule has 1 aliphatic rings. The number of carbonyl (C=O) groups is 1. The van der Waals surface area contributed by atoms with Crippen LogP contribution in [0.15, 0.2) is 6.20 Å². The molecule has 1 aromatic heterocycles. The summed E-state index contributed by atoms with van der Waals surface area (Å²) in [5.41, 5.74) is 0. The summed E-state index contributed by atoms with van der Waals surface area (Å²) in [6, 6.07) is 0.0572. The van der Waals surface area contributed by atoms with Crippen LogP contribution in [0.4, 0.5) is 0 Å². The van der Waals surface area contributed by atoms with Gasteiger partial charge in [0.25, 0.3) is 0 Å². The fourth-order valence-corrected chi connectivity index (χ4v) is 2.09. The number of aryl methyl sites for hydroxylation is 1. The Balaban J connectivity index is 1.94. The molecule has 0 radical (unpaired) electrons. The molecule has 0 spiro atoms. The Morgan fingerprint density at radius 1 is 1.71 bits per heavy atom. The van der Waals surface area contributed by atoms with Crippen LogP contribution in [-0.4, -0.2) is 10.9 Å². The molecule has 1 saturated carbocycles. The molecular formula is C10H14N2OS. The standard InChI is InChI=1S/C10H14N2OS/c1-6-5-11-10(14-6)7(2)12-9(13)8-3-4-8/h5,7-8H,3-4H2,1-2H3,(H,12,13). The molecule has 4 heteroatoms. The van der Waals surface area contributed by atoms with Crippen molar-refractivity contribution in [3.05, 3.63) is 16.1 Å². The normalized spacial score (nSPS) is 17.9. The maximum atomic E-state index is 11.5. The lowest BCUT2D eigenvalue weighted by atomic mass is 10.3. The molecule has 0 aromatic carbocycles. The highest BCUT2D eigenvalue weighted by Gasteiger charge is 2.30. The first kappa shape index (κ1) is 9.65. The van der Waals surface area contributed by atoms with Crippen molar-refractivity contribution >= 4 is 17.2 Å². The molecule has 2 rings (SSSR count). The molecule has 0 saturated heterocycles. The van der Waals surface area contributed by atoms with Crippen molar-refractivity contribution in [2.24, 2.45) is 5.92 Å². The minimum Gasteiger partial charge on any atom is -0.347 e. The average molecular weight is 210 g/mol. The van der Waals surface area contributed by atoms with Crippen molar-refractivity contribution in [2.75, 3.05) is 0 Å². The van der Waals surface area contributed by atoms with E-state index in [4.69, 9.17) is 0 Å². The molecular weight excluding hydrogens is 196 g/mol. The Morgan fingerprint density at radius 2 is 2.43 bits per heavy atom. The summed E-state index contributed by atoms with van der Waals surface area (Å²) in [7, 11) is 0. The Labute approximate surface area is 87.6 Å². The number of hydrogen-bond donors (Lipinski definition) is 1. The zero-order valence-electron chi connectivity index (χ0n) is 8.41. The maximum absolute atomic E-state index is 11.5. The van der Waals surface area contributed by atoms with Gasteiger partial charge >= 0.3 is 0 Å². The van der Waals surface area contributed by atoms with E-state index in [2.05, 4.69) is 10.3 Å². The lowest BCUT2D eigenvalue weighted by Gasteiger charge is -2.10. The number of nitrogens with zero attached hydrogens (tertiary/aromatic N) is 1. The van der Waals surface area contributed by atoms with Crippen LogP contribution in [0.1, 0.15) is 35.7 Å². The number of carbonyl (C=O) groups excluding carboxylic acids is 1. The van der Waals surface area contributed by atoms with Gasteiger partial charge in [-0.25, -0.2) is 4.98 Å². The van der Waals surface area contributed by atoms with E-state index in [1.807, 2.05) is 20.0 Å². The van der Waals surface area contributed by atoms with Gasteiger partial charge in [-0.3, -0.25) is 4.79 Å². The molecule has 14 heavy (non-hydrogen) atoms. The Morgan fingerprint density at radius 3 is 2.93 bits per heavy atom. The summed E-state index contributed by atoms with van der Waals surface area (Å²) in [4.78, 5) is 16.9. The van der Waals surface area contributed by atoms with Gasteiger partial charge in [0, 0.05) is 17.0 Å². The summed E-state index contributed by atoms with van der Waals surface area (Å²) in [6.45, 7) is 4.01. The van der Waals surface area contributed by atoms with Crippen molar-refractivity contribution in [3.8, 4) is 0 Å². The molecule has 0 aliphatic heterocycles. The third kappa shape index (κ3) is 2.12. The van der Waals surface area contributed by atoms with E-state index in [0.29, 0.717) is 0 Å². The zero-order valence-corrected chi connectivity index (χ0v) is 9.23. The van der Waals surface area contributed by atoms with Crippen LogP contribution in [0.3, 0.4) is 0 Å². The number of aromatic nitrogens is 1. The Hall–Kier alpha value is -0.900. The van der Waals surface area contributed by atoms with Crippen LogP contribution in [-0.2, 0) is 4.79 Å². The minimum atomic E-state index is 0.0572. The lowest BCUT2D eigenvalue weighted by molar-refractivity contribution is -0.122. The predicted octanol–water partition coefficient (Wildman–Crippen LogP) is 2.04. The highest BCUT2D eigenvalue weighted by molar-refractivity contribution is 7.11. The number of hydrogen-bond acceptors (Lipinski definition) is 3. The van der Waals surface area contributed by atoms with Crippen LogP contribution < -0.4 is 5.32 Å². The average Bonchev–Trinajstić information content (AvgIpc) is 2.89.